The molecule has 3 atom stereocenters. The Morgan fingerprint density at radius 3 is 0.965 bits per heavy atom. The number of hydrogen-bond donors (Lipinski definition) is 8. The van der Waals surface area contributed by atoms with Gasteiger partial charge in [0.1, 0.15) is 67.4 Å². The smallest absolute Gasteiger partial charge is 0.363 e. The summed E-state index contributed by atoms with van der Waals surface area (Å²) in [7, 11) is -29.8. The van der Waals surface area contributed by atoms with Crippen LogP contribution in [0.3, 0.4) is 0 Å². The summed E-state index contributed by atoms with van der Waals surface area (Å²) >= 11 is 0. The summed E-state index contributed by atoms with van der Waals surface area (Å²) in [4.78, 5) is 0. The van der Waals surface area contributed by atoms with Gasteiger partial charge in [0.05, 0.1) is 82.4 Å². The van der Waals surface area contributed by atoms with Gasteiger partial charge in [0.2, 0.25) is 0 Å². The summed E-state index contributed by atoms with van der Waals surface area (Å²) in [5, 5.41) is 50.1. The Hall–Kier alpha value is -8.63. The molecule has 3 saturated heterocycles. The van der Waals surface area contributed by atoms with E-state index in [0.29, 0.717) is 86.2 Å². The Labute approximate surface area is 841 Å². The predicted molar refractivity (Wildman–Crippen MR) is 547 cm³/mol. The third kappa shape index (κ3) is 47.3. The molecule has 0 saturated carbocycles. The maximum absolute atomic E-state index is 13.0. The molecule has 58 heteroatoms. The topological polar surface area (TPSA) is 589 Å². The highest BCUT2D eigenvalue weighted by Gasteiger charge is 2.56. The summed E-state index contributed by atoms with van der Waals surface area (Å²) in [5.41, 5.74) is 0.0909. The number of rotatable bonds is 41. The maximum atomic E-state index is 13.0. The molecule has 8 N–H and O–H groups in total. The van der Waals surface area contributed by atoms with Crippen molar-refractivity contribution in [3.63, 3.8) is 0 Å². The molecule has 11 heterocycles. The third-order valence-electron chi connectivity index (χ3n) is 17.8. The first kappa shape index (κ1) is 122. The summed E-state index contributed by atoms with van der Waals surface area (Å²) in [6.45, 7) is 50.5. The number of aromatic nitrogens is 8. The molecule has 0 bridgehead atoms. The molecule has 144 heavy (non-hydrogen) atoms. The van der Waals surface area contributed by atoms with Crippen LogP contribution >= 0.6 is 62.0 Å². The fourth-order valence-electron chi connectivity index (χ4n) is 10.9. The van der Waals surface area contributed by atoms with Gasteiger partial charge in [-0.25, -0.2) is 36.5 Å². The molecular formula is C86H138N16O32P8Si2. The Bertz CT molecular complexity index is 5630. The summed E-state index contributed by atoms with van der Waals surface area (Å²) in [6.07, 6.45) is 9.92. The van der Waals surface area contributed by atoms with Gasteiger partial charge in [-0.3, -0.25) is 113 Å². The molecule has 0 aliphatic carbocycles. The number of nitrogens with one attached hydrogen (secondary N) is 8. The van der Waals surface area contributed by atoms with Crippen molar-refractivity contribution < 1.29 is 145 Å². The third-order valence-corrected chi connectivity index (χ3v) is 34.9. The van der Waals surface area contributed by atoms with Crippen molar-refractivity contribution in [3.05, 3.63) is 206 Å². The quantitative estimate of drug-likeness (QED) is 0.0130. The molecule has 802 valence electrons. The SMILES string of the molecule is CC(C)(C)OP(=O)(Nc1ccon1)OC(C)(C)C.CC(C)OP(=O)(Nc1ccon1)OC(C)C.CC1(C)COP(=O)(Nc2ccon2)OC1.CC1(C)OP(=O)(Nc2ccon2)OC1(C)C.CC1OP(=O)(Nc2ccon2)OC1c1ccccc1.CCOP(=O)(Nc1ccon1)OCC.C[Si](C)(C)CCOP(=O)(Nc1ccon1)OCC[Si](C)(C)C.O=P(Nc1ccon1)(OCc1ccccc1)OCc1ccccc1. The van der Waals surface area contributed by atoms with Crippen LogP contribution in [0, 0.1) is 5.41 Å². The van der Waals surface area contributed by atoms with Gasteiger partial charge in [0.25, 0.3) is 0 Å². The standard InChI is InChI=1S/C17H17N2O4P.C13H29N2O4PSi2.C12H13N2O4P.C11H21N2O4P.C9H15N2O4P.C9H17N2O4P.C8H13N2O4P.C7H13N2O4P/c20-24(19-17-11-12-21-18-17,22-13-15-7-3-1-4-8-15)23-14-16-9-5-2-6-10-16;1-21(2,3)11-9-18-20(16,15-13-7-8-17-14-13)19-10-12-22(4,5)6;1-9-12(10-5-3-2-4-6-10)18-19(15,17-9)14-11-7-8-16-13-11;1-10(2,3)16-18(14,17-11(4,5)6)13-9-7-8-15-12-9;1-8(2)9(3,4)15-16(12,14-8)11-7-5-6-13-10-7;1-7(2)14-16(12,15-8(3)4)11-9-5-6-13-10-9;1-8(2)5-13-15(11,14-6-8)10-7-3-4-12-9-7;1-3-12-14(10,13-4-2)9-7-5-6-11-8-7/h1-12H,13-14H2,(H,18,19,20);7-8H,9-12H2,1-6H3,(H,14,15,16);2-9,12H,1H3,(H,13,14,15);7-8H,1-6H3,(H,12,13,14);5-6H,1-4H3,(H,10,11,12);5-8H,1-4H3,(H,10,11,12);3-4H,5-6H2,1-2H3,(H,9,10,11);5-6H,3-4H2,1-2H3,(H,8,9,10). The van der Waals surface area contributed by atoms with Crippen LogP contribution in [0.5, 0.6) is 0 Å². The molecule has 0 amide bonds. The van der Waals surface area contributed by atoms with Crippen LogP contribution in [0.4, 0.5) is 46.5 Å². The Balaban J connectivity index is 0.000000225. The second kappa shape index (κ2) is 55.6. The Morgan fingerprint density at radius 1 is 0.382 bits per heavy atom. The first-order chi connectivity index (χ1) is 67.2. The molecule has 48 nitrogen and oxygen atoms in total. The molecule has 3 aromatic carbocycles. The minimum atomic E-state index is -3.61. The fourth-order valence-corrected chi connectivity index (χ4v) is 25.5. The highest BCUT2D eigenvalue weighted by Crippen LogP contribution is 2.64. The van der Waals surface area contributed by atoms with E-state index >= 15 is 0 Å². The summed E-state index contributed by atoms with van der Waals surface area (Å²) in [5.74, 6) is 2.62. The van der Waals surface area contributed by atoms with Gasteiger partial charge in [0, 0.05) is 70.1 Å². The lowest BCUT2D eigenvalue weighted by atomic mass is 9.90. The van der Waals surface area contributed by atoms with Crippen molar-refractivity contribution in [2.24, 2.45) is 5.41 Å². The van der Waals surface area contributed by atoms with E-state index in [-0.39, 0.29) is 43.0 Å². The molecule has 0 radical (unpaired) electrons. The van der Waals surface area contributed by atoms with E-state index in [1.165, 1.54) is 56.2 Å². The zero-order valence-corrected chi connectivity index (χ0v) is 94.7. The van der Waals surface area contributed by atoms with Crippen molar-refractivity contribution in [2.45, 2.75) is 243 Å². The minimum absolute atomic E-state index is 0.112. The molecule has 14 rings (SSSR count). The lowest BCUT2D eigenvalue weighted by Gasteiger charge is -2.33. The van der Waals surface area contributed by atoms with E-state index < -0.39 is 101 Å². The largest absolute Gasteiger partial charge is 0.435 e. The van der Waals surface area contributed by atoms with Crippen LogP contribution in [-0.2, 0) is 122 Å². The van der Waals surface area contributed by atoms with Crippen molar-refractivity contribution >= 4 is 125 Å². The van der Waals surface area contributed by atoms with Crippen LogP contribution in [0.2, 0.25) is 51.4 Å². The summed E-state index contributed by atoms with van der Waals surface area (Å²) in [6, 6.07) is 42.7. The summed E-state index contributed by atoms with van der Waals surface area (Å²) < 4.78 is 223. The maximum Gasteiger partial charge on any atom is 0.435 e. The Morgan fingerprint density at radius 2 is 0.667 bits per heavy atom. The Kier molecular flexibility index (Phi) is 47.2. The van der Waals surface area contributed by atoms with Crippen molar-refractivity contribution in [1.82, 2.24) is 41.3 Å². The van der Waals surface area contributed by atoms with Crippen molar-refractivity contribution in [2.75, 3.05) is 80.3 Å². The zero-order chi connectivity index (χ0) is 106. The van der Waals surface area contributed by atoms with Crippen molar-refractivity contribution in [3.8, 4) is 0 Å². The zero-order valence-electron chi connectivity index (χ0n) is 85.5. The monoisotopic (exact) mass is 2210 g/mol. The predicted octanol–water partition coefficient (Wildman–Crippen LogP) is 27.1. The second-order valence-corrected chi connectivity index (χ2v) is 62.6. The highest BCUT2D eigenvalue weighted by molar-refractivity contribution is 7.57. The molecule has 3 fully saturated rings. The fraction of sp³-hybridized carbons (Fsp3) is 0.512. The normalized spacial score (nSPS) is 17.4. The molecular weight excluding hydrogens is 2070 g/mol. The van der Waals surface area contributed by atoms with Gasteiger partial charge in [0.15, 0.2) is 46.5 Å². The lowest BCUT2D eigenvalue weighted by Crippen LogP contribution is -2.41. The number of anilines is 8. The molecule has 3 unspecified atom stereocenters. The van der Waals surface area contributed by atoms with Gasteiger partial charge in [-0.2, -0.15) is 0 Å². The molecule has 3 aliphatic heterocycles. The molecule has 0 spiro atoms. The van der Waals surface area contributed by atoms with Crippen LogP contribution < -0.4 is 40.7 Å². The van der Waals surface area contributed by atoms with Crippen LogP contribution in [-0.4, -0.2) is 138 Å². The van der Waals surface area contributed by atoms with E-state index in [4.69, 9.17) is 81.4 Å². The second-order valence-electron chi connectivity index (χ2n) is 38.0. The first-order valence-electron chi connectivity index (χ1n) is 45.4. The van der Waals surface area contributed by atoms with E-state index in [2.05, 4.69) is 148 Å². The number of benzene rings is 3. The van der Waals surface area contributed by atoms with Gasteiger partial charge >= 0.3 is 62.0 Å². The molecule has 11 aromatic rings. The molecule has 3 aliphatic rings. The van der Waals surface area contributed by atoms with Crippen LogP contribution in [0.1, 0.15) is 154 Å². The van der Waals surface area contributed by atoms with E-state index in [1.807, 2.05) is 139 Å². The first-order valence-corrected chi connectivity index (χ1v) is 65.1. The van der Waals surface area contributed by atoms with E-state index in [1.54, 1.807) is 126 Å². The average molecular weight is 2210 g/mol. The van der Waals surface area contributed by atoms with Crippen LogP contribution in [0.25, 0.3) is 0 Å². The number of hydrogen-bond acceptors (Lipinski definition) is 40. The minimum Gasteiger partial charge on any atom is -0.363 e. The van der Waals surface area contributed by atoms with E-state index in [9.17, 15) is 36.5 Å². The van der Waals surface area contributed by atoms with E-state index in [0.717, 1.165) is 28.8 Å². The van der Waals surface area contributed by atoms with Gasteiger partial charge < -0.3 is 36.2 Å². The van der Waals surface area contributed by atoms with Crippen LogP contribution in [0.15, 0.2) is 226 Å². The van der Waals surface area contributed by atoms with Gasteiger partial charge in [-0.1, -0.05) is 185 Å². The van der Waals surface area contributed by atoms with Gasteiger partial charge in [-0.15, -0.1) is 0 Å². The van der Waals surface area contributed by atoms with Gasteiger partial charge in [-0.05, 0) is 146 Å². The van der Waals surface area contributed by atoms with Crippen molar-refractivity contribution in [1.29, 1.82) is 0 Å². The average Bonchev–Trinajstić information content (AvgIpc) is 1.60. The molecule has 8 aromatic heterocycles. The number of nitrogens with zero attached hydrogens (tertiary/aromatic N) is 8. The highest BCUT2D eigenvalue weighted by atomic mass is 31.2. The lowest BCUT2D eigenvalue weighted by molar-refractivity contribution is 0.00578.